The minimum absolute atomic E-state index is 0.0139. The lowest BCUT2D eigenvalue weighted by Gasteiger charge is -1.93. The van der Waals surface area contributed by atoms with E-state index in [0.717, 1.165) is 12.5 Å². The second kappa shape index (κ2) is 10.1. The highest BCUT2D eigenvalue weighted by Crippen LogP contribution is 2.02. The van der Waals surface area contributed by atoms with Crippen LogP contribution in [0.4, 0.5) is 11.9 Å². The standard InChI is InChI=1S/C4H3ClN2O2.C3H4ClN5.C3H7NO/c5-2-1-3(8)7-4(9)6-2;4-1-7-2(5)9-3(6)8-1;1-4(2)3-5/h1H,(H2,6,7,8,9);(H4,5,6,7,8,9);3H,1-2H3. The first-order valence-corrected chi connectivity index (χ1v) is 6.43. The maximum atomic E-state index is 10.4. The molecule has 1 amide bonds. The molecule has 2 heterocycles. The van der Waals surface area contributed by atoms with Crippen molar-refractivity contribution in [1.29, 1.82) is 0 Å². The lowest BCUT2D eigenvalue weighted by molar-refractivity contribution is -0.115. The topological polar surface area (TPSA) is 177 Å². The molecule has 126 valence electrons. The number of H-pyrrole nitrogens is 2. The summed E-state index contributed by atoms with van der Waals surface area (Å²) in [5.74, 6) is 0.0694. The number of nitrogens with two attached hydrogens (primary N) is 2. The van der Waals surface area contributed by atoms with Crippen LogP contribution in [0.15, 0.2) is 15.7 Å². The predicted molar refractivity (Wildman–Crippen MR) is 86.1 cm³/mol. The number of anilines is 2. The van der Waals surface area contributed by atoms with Crippen molar-refractivity contribution < 1.29 is 4.79 Å². The van der Waals surface area contributed by atoms with Gasteiger partial charge in [0.05, 0.1) is 0 Å². The van der Waals surface area contributed by atoms with Crippen LogP contribution in [0.25, 0.3) is 0 Å². The first-order chi connectivity index (χ1) is 10.6. The van der Waals surface area contributed by atoms with Gasteiger partial charge in [-0.05, 0) is 11.6 Å². The highest BCUT2D eigenvalue weighted by atomic mass is 35.5. The number of nitrogens with one attached hydrogen (secondary N) is 2. The number of nitrogen functional groups attached to an aromatic ring is 2. The molecule has 13 heteroatoms. The Morgan fingerprint density at radius 2 is 1.57 bits per heavy atom. The number of halogens is 2. The van der Waals surface area contributed by atoms with Crippen LogP contribution in [-0.2, 0) is 4.79 Å². The molecule has 0 saturated heterocycles. The third kappa shape index (κ3) is 10.7. The third-order valence-corrected chi connectivity index (χ3v) is 1.95. The fourth-order valence-electron chi connectivity index (χ4n) is 0.820. The molecule has 2 rings (SSSR count). The number of amides is 1. The summed E-state index contributed by atoms with van der Waals surface area (Å²) in [5.41, 5.74) is 9.18. The lowest BCUT2D eigenvalue weighted by Crippen LogP contribution is -2.20. The van der Waals surface area contributed by atoms with E-state index in [0.29, 0.717) is 0 Å². The van der Waals surface area contributed by atoms with Gasteiger partial charge in [-0.1, -0.05) is 11.6 Å². The molecule has 0 bridgehead atoms. The van der Waals surface area contributed by atoms with Gasteiger partial charge in [0.2, 0.25) is 23.6 Å². The molecule has 0 fully saturated rings. The Labute approximate surface area is 139 Å². The maximum absolute atomic E-state index is 10.4. The fraction of sp³-hybridized carbons (Fsp3) is 0.200. The van der Waals surface area contributed by atoms with E-state index in [1.165, 1.54) is 4.90 Å². The summed E-state index contributed by atoms with van der Waals surface area (Å²) in [6, 6.07) is 1.09. The van der Waals surface area contributed by atoms with Crippen LogP contribution in [0.2, 0.25) is 10.4 Å². The van der Waals surface area contributed by atoms with E-state index in [-0.39, 0.29) is 22.3 Å². The molecule has 11 nitrogen and oxygen atoms in total. The molecule has 0 aliphatic heterocycles. The van der Waals surface area contributed by atoms with Crippen molar-refractivity contribution in [3.05, 3.63) is 37.3 Å². The molecule has 2 aromatic heterocycles. The Balaban J connectivity index is 0.000000332. The van der Waals surface area contributed by atoms with Crippen molar-refractivity contribution in [2.75, 3.05) is 25.6 Å². The van der Waals surface area contributed by atoms with Crippen LogP contribution >= 0.6 is 23.2 Å². The van der Waals surface area contributed by atoms with E-state index >= 15 is 0 Å². The summed E-state index contributed by atoms with van der Waals surface area (Å²) in [5, 5.41) is 0.0590. The summed E-state index contributed by atoms with van der Waals surface area (Å²) in [4.78, 5) is 46.1. The van der Waals surface area contributed by atoms with E-state index in [1.54, 1.807) is 14.1 Å². The van der Waals surface area contributed by atoms with E-state index in [9.17, 15) is 14.4 Å². The quantitative estimate of drug-likeness (QED) is 0.371. The van der Waals surface area contributed by atoms with Gasteiger partial charge in [0.25, 0.3) is 5.56 Å². The van der Waals surface area contributed by atoms with Crippen LogP contribution < -0.4 is 22.7 Å². The average molecular weight is 365 g/mol. The third-order valence-electron chi connectivity index (χ3n) is 1.58. The lowest BCUT2D eigenvalue weighted by atomic mass is 10.7. The zero-order valence-corrected chi connectivity index (χ0v) is 13.6. The average Bonchev–Trinajstić information content (AvgIpc) is 2.36. The van der Waals surface area contributed by atoms with Gasteiger partial charge in [-0.25, -0.2) is 4.79 Å². The Hall–Kier alpha value is -2.66. The molecule has 0 spiro atoms. The second-order valence-corrected chi connectivity index (χ2v) is 4.57. The minimum Gasteiger partial charge on any atom is -0.368 e. The normalized spacial score (nSPS) is 8.87. The number of aromatic nitrogens is 5. The molecule has 23 heavy (non-hydrogen) atoms. The fourth-order valence-corrected chi connectivity index (χ4v) is 1.18. The minimum atomic E-state index is -0.590. The van der Waals surface area contributed by atoms with Gasteiger partial charge in [-0.3, -0.25) is 19.6 Å². The van der Waals surface area contributed by atoms with Crippen LogP contribution in [0.3, 0.4) is 0 Å². The Kier molecular flexibility index (Phi) is 8.96. The number of hydrogen-bond donors (Lipinski definition) is 4. The number of aromatic amines is 2. The number of carbonyl (C=O) groups is 1. The van der Waals surface area contributed by atoms with Crippen molar-refractivity contribution in [2.45, 2.75) is 0 Å². The van der Waals surface area contributed by atoms with Gasteiger partial charge >= 0.3 is 5.69 Å². The summed E-state index contributed by atoms with van der Waals surface area (Å²) in [7, 11) is 3.38. The maximum Gasteiger partial charge on any atom is 0.326 e. The van der Waals surface area contributed by atoms with Gasteiger partial charge in [-0.15, -0.1) is 0 Å². The smallest absolute Gasteiger partial charge is 0.326 e. The van der Waals surface area contributed by atoms with Gasteiger partial charge < -0.3 is 16.4 Å². The van der Waals surface area contributed by atoms with Crippen LogP contribution in [-0.4, -0.2) is 50.3 Å². The molecule has 0 unspecified atom stereocenters. The molecule has 0 radical (unpaired) electrons. The van der Waals surface area contributed by atoms with Crippen molar-refractivity contribution in [3.8, 4) is 0 Å². The predicted octanol–water partition coefficient (Wildman–Crippen LogP) is -0.890. The van der Waals surface area contributed by atoms with Gasteiger partial charge in [0, 0.05) is 20.2 Å². The Bertz CT molecular complexity index is 667. The highest BCUT2D eigenvalue weighted by Gasteiger charge is 1.95. The molecule has 0 saturated carbocycles. The summed E-state index contributed by atoms with van der Waals surface area (Å²) < 4.78 is 0. The molecular formula is C10H14Cl2N8O3. The number of carbonyl (C=O) groups excluding carboxylic acids is 1. The number of nitrogens with zero attached hydrogens (tertiary/aromatic N) is 4. The number of rotatable bonds is 1. The first kappa shape index (κ1) is 20.3. The van der Waals surface area contributed by atoms with Crippen molar-refractivity contribution in [3.63, 3.8) is 0 Å². The van der Waals surface area contributed by atoms with Gasteiger partial charge in [0.1, 0.15) is 5.15 Å². The molecule has 2 aromatic rings. The Morgan fingerprint density at radius 3 is 1.87 bits per heavy atom. The van der Waals surface area contributed by atoms with Crippen LogP contribution in [0, 0.1) is 0 Å². The van der Waals surface area contributed by atoms with Crippen molar-refractivity contribution in [1.82, 2.24) is 29.8 Å². The summed E-state index contributed by atoms with van der Waals surface area (Å²) in [6.07, 6.45) is 0.750. The summed E-state index contributed by atoms with van der Waals surface area (Å²) >= 11 is 10.6. The van der Waals surface area contributed by atoms with E-state index in [2.05, 4.69) is 19.9 Å². The molecule has 0 aliphatic rings. The molecular weight excluding hydrogens is 351 g/mol. The first-order valence-electron chi connectivity index (χ1n) is 5.67. The van der Waals surface area contributed by atoms with E-state index in [1.807, 2.05) is 4.98 Å². The molecule has 0 aromatic carbocycles. The van der Waals surface area contributed by atoms with E-state index < -0.39 is 11.2 Å². The van der Waals surface area contributed by atoms with Crippen LogP contribution in [0.5, 0.6) is 0 Å². The van der Waals surface area contributed by atoms with Crippen molar-refractivity contribution >= 4 is 41.5 Å². The highest BCUT2D eigenvalue weighted by molar-refractivity contribution is 6.29. The van der Waals surface area contributed by atoms with Crippen molar-refractivity contribution in [2.24, 2.45) is 0 Å². The zero-order chi connectivity index (χ0) is 18.0. The Morgan fingerprint density at radius 1 is 1.09 bits per heavy atom. The second-order valence-electron chi connectivity index (χ2n) is 3.83. The largest absolute Gasteiger partial charge is 0.368 e. The van der Waals surface area contributed by atoms with Crippen LogP contribution in [0.1, 0.15) is 0 Å². The summed E-state index contributed by atoms with van der Waals surface area (Å²) in [6.45, 7) is 0. The SMILES string of the molecule is CN(C)C=O.Nc1nc(N)nc(Cl)n1.O=c1cc(Cl)[nH]c(=O)[nH]1. The number of hydrogen-bond acceptors (Lipinski definition) is 8. The molecule has 0 atom stereocenters. The zero-order valence-electron chi connectivity index (χ0n) is 12.1. The van der Waals surface area contributed by atoms with E-state index in [4.69, 9.17) is 34.7 Å². The van der Waals surface area contributed by atoms with Gasteiger partial charge in [-0.2, -0.15) is 15.0 Å². The molecule has 6 N–H and O–H groups in total. The van der Waals surface area contributed by atoms with Gasteiger partial charge in [0.15, 0.2) is 0 Å². The molecule has 0 aliphatic carbocycles. The monoisotopic (exact) mass is 364 g/mol.